The highest BCUT2D eigenvalue weighted by atomic mass is 31.2. The van der Waals surface area contributed by atoms with Crippen LogP contribution in [-0.4, -0.2) is 14.8 Å². The molecule has 0 aliphatic carbocycles. The number of rotatable bonds is 7. The number of aromatic nitrogens is 1. The second-order valence-electron chi connectivity index (χ2n) is 5.37. The summed E-state index contributed by atoms with van der Waals surface area (Å²) in [6, 6.07) is 14.6. The minimum absolute atomic E-state index is 0.00621. The van der Waals surface area contributed by atoms with Crippen LogP contribution in [0, 0.1) is 20.2 Å². The molecule has 0 saturated heterocycles. The minimum Gasteiger partial charge on any atom is -0.412 e. The van der Waals surface area contributed by atoms with Crippen LogP contribution in [0.3, 0.4) is 0 Å². The van der Waals surface area contributed by atoms with E-state index in [9.17, 15) is 24.8 Å². The van der Waals surface area contributed by atoms with E-state index in [4.69, 9.17) is 9.05 Å². The predicted octanol–water partition coefficient (Wildman–Crippen LogP) is 3.87. The Morgan fingerprint density at radius 1 is 0.750 bits per heavy atom. The first-order valence-corrected chi connectivity index (χ1v) is 9.31. The highest BCUT2D eigenvalue weighted by molar-refractivity contribution is 7.62. The third kappa shape index (κ3) is 4.30. The van der Waals surface area contributed by atoms with E-state index < -0.39 is 17.4 Å². The van der Waals surface area contributed by atoms with Gasteiger partial charge in [0.05, 0.1) is 9.85 Å². The summed E-state index contributed by atoms with van der Waals surface area (Å²) in [6.07, 6.45) is 1.40. The van der Waals surface area contributed by atoms with Gasteiger partial charge in [-0.05, 0) is 36.4 Å². The summed E-state index contributed by atoms with van der Waals surface area (Å²) in [5.74, 6) is 0.142. The Hall–Kier alpha value is -3.78. The van der Waals surface area contributed by atoms with Crippen LogP contribution in [-0.2, 0) is 4.57 Å². The molecule has 2 aromatic carbocycles. The molecule has 0 aliphatic heterocycles. The molecule has 142 valence electrons. The summed E-state index contributed by atoms with van der Waals surface area (Å²) in [5.41, 5.74) is -0.306. The molecule has 0 unspecified atom stereocenters. The second-order valence-corrected chi connectivity index (χ2v) is 7.19. The lowest BCUT2D eigenvalue weighted by Gasteiger charge is -2.19. The maximum absolute atomic E-state index is 13.4. The fourth-order valence-corrected chi connectivity index (χ4v) is 3.66. The van der Waals surface area contributed by atoms with Crippen molar-refractivity contribution in [2.45, 2.75) is 0 Å². The quantitative estimate of drug-likeness (QED) is 0.331. The van der Waals surface area contributed by atoms with Crippen LogP contribution in [0.2, 0.25) is 0 Å². The van der Waals surface area contributed by atoms with Gasteiger partial charge in [0, 0.05) is 30.5 Å². The molecular formula is C17H12N3O7P. The zero-order valence-electron chi connectivity index (χ0n) is 14.1. The molecule has 10 nitrogen and oxygen atoms in total. The zero-order chi connectivity index (χ0) is 20.1. The van der Waals surface area contributed by atoms with E-state index in [1.54, 1.807) is 12.1 Å². The third-order valence-electron chi connectivity index (χ3n) is 3.48. The topological polar surface area (TPSA) is 135 Å². The molecule has 0 saturated carbocycles. The van der Waals surface area contributed by atoms with Gasteiger partial charge >= 0.3 is 7.60 Å². The van der Waals surface area contributed by atoms with Gasteiger partial charge in [-0.25, -0.2) is 9.55 Å². The summed E-state index contributed by atoms with van der Waals surface area (Å²) < 4.78 is 24.5. The highest BCUT2D eigenvalue weighted by Crippen LogP contribution is 2.47. The van der Waals surface area contributed by atoms with E-state index in [0.29, 0.717) is 0 Å². The average molecular weight is 401 g/mol. The van der Waals surface area contributed by atoms with E-state index in [2.05, 4.69) is 4.98 Å². The van der Waals surface area contributed by atoms with E-state index >= 15 is 0 Å². The number of pyridine rings is 1. The molecule has 1 heterocycles. The second kappa shape index (κ2) is 7.85. The smallest absolute Gasteiger partial charge is 0.412 e. The lowest BCUT2D eigenvalue weighted by atomic mass is 10.3. The Balaban J connectivity index is 1.92. The zero-order valence-corrected chi connectivity index (χ0v) is 15.0. The predicted molar refractivity (Wildman–Crippen MR) is 98.9 cm³/mol. The Labute approximate surface area is 158 Å². The molecule has 0 atom stereocenters. The molecule has 0 N–H and O–H groups in total. The summed E-state index contributed by atoms with van der Waals surface area (Å²) in [4.78, 5) is 24.4. The van der Waals surface area contributed by atoms with E-state index in [0.717, 1.165) is 0 Å². The molecular weight excluding hydrogens is 389 g/mol. The first-order chi connectivity index (χ1) is 13.4. The van der Waals surface area contributed by atoms with Crippen molar-refractivity contribution in [3.8, 4) is 11.5 Å². The van der Waals surface area contributed by atoms with Crippen molar-refractivity contribution >= 4 is 24.4 Å². The summed E-state index contributed by atoms with van der Waals surface area (Å²) in [7, 11) is -4.04. The van der Waals surface area contributed by atoms with Gasteiger partial charge in [-0.15, -0.1) is 0 Å². The molecule has 0 amide bonds. The number of nitro groups is 2. The van der Waals surface area contributed by atoms with Crippen LogP contribution in [0.15, 0.2) is 72.9 Å². The lowest BCUT2D eigenvalue weighted by Crippen LogP contribution is -2.17. The fraction of sp³-hybridized carbons (Fsp3) is 0. The maximum atomic E-state index is 13.4. The molecule has 3 rings (SSSR count). The van der Waals surface area contributed by atoms with Crippen LogP contribution in [0.5, 0.6) is 11.5 Å². The van der Waals surface area contributed by atoms with Gasteiger partial charge in [0.25, 0.3) is 11.4 Å². The first-order valence-electron chi connectivity index (χ1n) is 7.77. The van der Waals surface area contributed by atoms with Crippen LogP contribution < -0.4 is 14.5 Å². The maximum Gasteiger partial charge on any atom is 0.481 e. The van der Waals surface area contributed by atoms with Gasteiger partial charge in [0.1, 0.15) is 11.5 Å². The van der Waals surface area contributed by atoms with Crippen LogP contribution in [0.1, 0.15) is 0 Å². The highest BCUT2D eigenvalue weighted by Gasteiger charge is 2.33. The van der Waals surface area contributed by atoms with Crippen molar-refractivity contribution in [1.82, 2.24) is 4.98 Å². The molecule has 0 aliphatic rings. The average Bonchev–Trinajstić information content (AvgIpc) is 2.69. The van der Waals surface area contributed by atoms with Crippen molar-refractivity contribution in [3.63, 3.8) is 0 Å². The molecule has 0 radical (unpaired) electrons. The van der Waals surface area contributed by atoms with Gasteiger partial charge < -0.3 is 9.05 Å². The van der Waals surface area contributed by atoms with Crippen LogP contribution >= 0.6 is 7.60 Å². The summed E-state index contributed by atoms with van der Waals surface area (Å²) in [6.45, 7) is 0. The number of hydrogen-bond donors (Lipinski definition) is 0. The van der Waals surface area contributed by atoms with E-state index in [1.807, 2.05) is 0 Å². The van der Waals surface area contributed by atoms with Gasteiger partial charge in [0.2, 0.25) is 0 Å². The Kier molecular flexibility index (Phi) is 5.32. The minimum atomic E-state index is -4.04. The summed E-state index contributed by atoms with van der Waals surface area (Å²) >= 11 is 0. The molecule has 28 heavy (non-hydrogen) atoms. The van der Waals surface area contributed by atoms with Crippen molar-refractivity contribution in [1.29, 1.82) is 0 Å². The Bertz CT molecular complexity index is 977. The van der Waals surface area contributed by atoms with Crippen LogP contribution in [0.25, 0.3) is 0 Å². The number of nitro benzene ring substituents is 2. The monoisotopic (exact) mass is 401 g/mol. The third-order valence-corrected chi connectivity index (χ3v) is 5.20. The molecule has 1 aromatic heterocycles. The molecule has 0 bridgehead atoms. The van der Waals surface area contributed by atoms with Crippen molar-refractivity contribution in [3.05, 3.63) is 93.2 Å². The largest absolute Gasteiger partial charge is 0.481 e. The van der Waals surface area contributed by atoms with Crippen molar-refractivity contribution in [2.75, 3.05) is 0 Å². The van der Waals surface area contributed by atoms with E-state index in [1.165, 1.54) is 60.8 Å². The Morgan fingerprint density at radius 2 is 1.21 bits per heavy atom. The van der Waals surface area contributed by atoms with Gasteiger partial charge in [-0.1, -0.05) is 6.07 Å². The van der Waals surface area contributed by atoms with Crippen LogP contribution in [0.4, 0.5) is 11.4 Å². The lowest BCUT2D eigenvalue weighted by molar-refractivity contribution is -0.385. The fourth-order valence-electron chi connectivity index (χ4n) is 2.16. The number of nitrogens with zero attached hydrogens (tertiary/aromatic N) is 3. The van der Waals surface area contributed by atoms with E-state index in [-0.39, 0.29) is 28.3 Å². The number of non-ortho nitro benzene ring substituents is 2. The van der Waals surface area contributed by atoms with Crippen molar-refractivity contribution < 1.29 is 23.5 Å². The summed E-state index contributed by atoms with van der Waals surface area (Å²) in [5, 5.41) is 21.5. The number of benzene rings is 2. The van der Waals surface area contributed by atoms with Gasteiger partial charge in [0.15, 0.2) is 5.44 Å². The van der Waals surface area contributed by atoms with Gasteiger partial charge in [-0.3, -0.25) is 20.2 Å². The Morgan fingerprint density at radius 3 is 1.57 bits per heavy atom. The normalized spacial score (nSPS) is 10.9. The first kappa shape index (κ1) is 19.0. The molecule has 11 heteroatoms. The molecule has 3 aromatic rings. The molecule has 0 fully saturated rings. The van der Waals surface area contributed by atoms with Gasteiger partial charge in [-0.2, -0.15) is 0 Å². The molecule has 0 spiro atoms. The SMILES string of the molecule is O=[N+]([O-])c1ccc(OP(=O)(Oc2ccc([N+](=O)[O-])cc2)c2ccccn2)cc1. The van der Waals surface area contributed by atoms with Crippen molar-refractivity contribution in [2.24, 2.45) is 0 Å². The number of hydrogen-bond acceptors (Lipinski definition) is 8. The standard InChI is InChI=1S/C17H12N3O7P/c21-19(22)13-4-8-15(9-5-13)26-28(25,17-3-1-2-12-18-17)27-16-10-6-14(7-11-16)20(23)24/h1-12H.